The summed E-state index contributed by atoms with van der Waals surface area (Å²) in [7, 11) is 3.54. The molecule has 0 radical (unpaired) electrons. The molecule has 0 aliphatic carbocycles. The van der Waals surface area contributed by atoms with Crippen LogP contribution in [-0.4, -0.2) is 71.1 Å². The van der Waals surface area contributed by atoms with Crippen molar-refractivity contribution in [2.75, 3.05) is 38.3 Å². The molecule has 8 heteroatoms. The number of nitrogens with zero attached hydrogens (tertiary/aromatic N) is 4. The number of amides is 1. The number of aliphatic hydroxyl groups is 1. The lowest BCUT2D eigenvalue weighted by Crippen LogP contribution is -2.57. The van der Waals surface area contributed by atoms with Crippen LogP contribution in [0, 0.1) is 6.92 Å². The summed E-state index contributed by atoms with van der Waals surface area (Å²) in [6.45, 7) is 10.9. The number of ether oxygens (including phenoxy) is 1. The average Bonchev–Trinajstić information content (AvgIpc) is 3.32. The first-order chi connectivity index (χ1) is 17.7. The Kier molecular flexibility index (Phi) is 8.19. The Morgan fingerprint density at radius 2 is 1.89 bits per heavy atom. The molecule has 1 fully saturated rings. The summed E-state index contributed by atoms with van der Waals surface area (Å²) < 4.78 is 7.31. The van der Waals surface area contributed by atoms with Gasteiger partial charge in [0.15, 0.2) is 0 Å². The second-order valence-electron chi connectivity index (χ2n) is 10.2. The van der Waals surface area contributed by atoms with Crippen LogP contribution in [0.25, 0.3) is 11.1 Å². The van der Waals surface area contributed by atoms with Crippen molar-refractivity contribution in [3.63, 3.8) is 0 Å². The van der Waals surface area contributed by atoms with Gasteiger partial charge in [-0.1, -0.05) is 6.07 Å². The van der Waals surface area contributed by atoms with Crippen LogP contribution in [0.5, 0.6) is 5.75 Å². The molecule has 2 aromatic carbocycles. The van der Waals surface area contributed by atoms with Crippen LogP contribution >= 0.6 is 0 Å². The molecule has 8 nitrogen and oxygen atoms in total. The van der Waals surface area contributed by atoms with Gasteiger partial charge >= 0.3 is 0 Å². The smallest absolute Gasteiger partial charge is 0.252 e. The summed E-state index contributed by atoms with van der Waals surface area (Å²) in [6.07, 6.45) is 3.78. The van der Waals surface area contributed by atoms with E-state index >= 15 is 0 Å². The van der Waals surface area contributed by atoms with Gasteiger partial charge in [-0.3, -0.25) is 14.4 Å². The number of hydrogen-bond acceptors (Lipinski definition) is 6. The molecule has 1 amide bonds. The minimum absolute atomic E-state index is 0.0994. The molecule has 37 heavy (non-hydrogen) atoms. The number of methoxy groups -OCH3 is 1. The van der Waals surface area contributed by atoms with Gasteiger partial charge in [-0.05, 0) is 74.7 Å². The summed E-state index contributed by atoms with van der Waals surface area (Å²) in [5.41, 5.74) is 5.61. The maximum absolute atomic E-state index is 13.5. The van der Waals surface area contributed by atoms with Crippen molar-refractivity contribution in [2.24, 2.45) is 7.05 Å². The van der Waals surface area contributed by atoms with Crippen LogP contribution in [0.1, 0.15) is 48.3 Å². The number of aliphatic hydroxyl groups excluding tert-OH is 1. The van der Waals surface area contributed by atoms with Crippen LogP contribution in [0.2, 0.25) is 0 Å². The van der Waals surface area contributed by atoms with E-state index in [2.05, 4.69) is 46.2 Å². The summed E-state index contributed by atoms with van der Waals surface area (Å²) in [6, 6.07) is 12.5. The zero-order valence-corrected chi connectivity index (χ0v) is 22.7. The van der Waals surface area contributed by atoms with Gasteiger partial charge in [0.25, 0.3) is 5.91 Å². The Balaban J connectivity index is 1.53. The maximum Gasteiger partial charge on any atom is 0.252 e. The van der Waals surface area contributed by atoms with Crippen molar-refractivity contribution in [3.8, 4) is 16.9 Å². The van der Waals surface area contributed by atoms with Gasteiger partial charge < -0.3 is 20.1 Å². The van der Waals surface area contributed by atoms with Crippen LogP contribution in [0.15, 0.2) is 48.8 Å². The first-order valence-corrected chi connectivity index (χ1v) is 12.9. The zero-order chi connectivity index (χ0) is 26.7. The van der Waals surface area contributed by atoms with Crippen molar-refractivity contribution < 1.29 is 14.6 Å². The number of benzene rings is 2. The highest BCUT2D eigenvalue weighted by Gasteiger charge is 2.29. The second kappa shape index (κ2) is 11.4. The summed E-state index contributed by atoms with van der Waals surface area (Å²) in [4.78, 5) is 18.1. The van der Waals surface area contributed by atoms with Crippen molar-refractivity contribution in [2.45, 2.75) is 45.8 Å². The predicted molar refractivity (Wildman–Crippen MR) is 147 cm³/mol. The largest absolute Gasteiger partial charge is 0.497 e. The van der Waals surface area contributed by atoms with E-state index in [0.717, 1.165) is 46.8 Å². The average molecular weight is 506 g/mol. The lowest BCUT2D eigenvalue weighted by molar-refractivity contribution is 0.0939. The van der Waals surface area contributed by atoms with Crippen LogP contribution in [-0.2, 0) is 7.05 Å². The Morgan fingerprint density at radius 1 is 1.16 bits per heavy atom. The molecular weight excluding hydrogens is 466 g/mol. The first kappa shape index (κ1) is 26.7. The number of nitrogens with one attached hydrogen (secondary N) is 1. The van der Waals surface area contributed by atoms with E-state index < -0.39 is 0 Å². The summed E-state index contributed by atoms with van der Waals surface area (Å²) in [5, 5.41) is 16.9. The molecule has 0 spiro atoms. The summed E-state index contributed by atoms with van der Waals surface area (Å²) >= 11 is 0. The van der Waals surface area contributed by atoms with Crippen molar-refractivity contribution in [1.29, 1.82) is 0 Å². The molecule has 2 heterocycles. The molecule has 0 saturated carbocycles. The number of rotatable bonds is 8. The molecule has 0 bridgehead atoms. The van der Waals surface area contributed by atoms with Gasteiger partial charge in [-0.15, -0.1) is 0 Å². The quantitative estimate of drug-likeness (QED) is 0.485. The number of carbonyl (C=O) groups excluding carboxylic acids is 1. The fraction of sp³-hybridized carbons (Fsp3) is 0.448. The molecule has 1 aliphatic heterocycles. The molecule has 3 aromatic rings. The zero-order valence-electron chi connectivity index (χ0n) is 22.7. The fourth-order valence-electron chi connectivity index (χ4n) is 5.26. The van der Waals surface area contributed by atoms with E-state index in [0.29, 0.717) is 24.2 Å². The van der Waals surface area contributed by atoms with Gasteiger partial charge in [0, 0.05) is 61.8 Å². The topological polar surface area (TPSA) is 82.9 Å². The van der Waals surface area contributed by atoms with Crippen molar-refractivity contribution in [1.82, 2.24) is 20.0 Å². The number of anilines is 1. The number of hydrogen-bond donors (Lipinski definition) is 2. The van der Waals surface area contributed by atoms with Gasteiger partial charge in [-0.25, -0.2) is 0 Å². The Morgan fingerprint density at radius 3 is 2.51 bits per heavy atom. The Bertz CT molecular complexity index is 1230. The molecule has 3 atom stereocenters. The minimum atomic E-state index is -0.219. The van der Waals surface area contributed by atoms with E-state index in [4.69, 9.17) is 4.74 Å². The summed E-state index contributed by atoms with van der Waals surface area (Å²) in [5.74, 6) is 0.636. The van der Waals surface area contributed by atoms with Crippen LogP contribution in [0.3, 0.4) is 0 Å². The normalized spacial score (nSPS) is 19.1. The third-order valence-corrected chi connectivity index (χ3v) is 7.34. The van der Waals surface area contributed by atoms with Gasteiger partial charge in [-0.2, -0.15) is 5.10 Å². The predicted octanol–water partition coefficient (Wildman–Crippen LogP) is 3.79. The molecule has 1 aromatic heterocycles. The van der Waals surface area contributed by atoms with E-state index in [1.807, 2.05) is 57.6 Å². The van der Waals surface area contributed by atoms with E-state index in [1.54, 1.807) is 11.8 Å². The number of β-amino-alcohol motifs (C(OH)–C–C–N with tert-alkyl or cyclic N) is 1. The molecule has 0 unspecified atom stereocenters. The van der Waals surface area contributed by atoms with E-state index in [9.17, 15) is 9.90 Å². The van der Waals surface area contributed by atoms with Gasteiger partial charge in [0.05, 0.1) is 26.0 Å². The van der Waals surface area contributed by atoms with E-state index in [-0.39, 0.29) is 18.6 Å². The van der Waals surface area contributed by atoms with Gasteiger partial charge in [0.2, 0.25) is 0 Å². The molecular formula is C29H39N5O3. The molecule has 1 aliphatic rings. The van der Waals surface area contributed by atoms with Crippen LogP contribution in [0.4, 0.5) is 5.69 Å². The third-order valence-electron chi connectivity index (χ3n) is 7.34. The lowest BCUT2D eigenvalue weighted by atomic mass is 10.00. The maximum atomic E-state index is 13.5. The minimum Gasteiger partial charge on any atom is -0.497 e. The molecule has 4 rings (SSSR count). The third kappa shape index (κ3) is 5.97. The van der Waals surface area contributed by atoms with Gasteiger partial charge in [0.1, 0.15) is 5.75 Å². The number of piperazine rings is 1. The fourth-order valence-corrected chi connectivity index (χ4v) is 5.26. The van der Waals surface area contributed by atoms with Crippen molar-refractivity contribution in [3.05, 3.63) is 65.5 Å². The number of aryl methyl sites for hydroxylation is 2. The highest BCUT2D eigenvalue weighted by atomic mass is 16.5. The standard InChI is InChI=1S/C29H39N5O3/c1-19-7-8-26(33-16-20(2)34(9-10-35)21(3)17-33)14-28(19)29(36)31-22(4)23-11-24(13-27(12-23)37-6)25-15-30-32(5)18-25/h7-8,11-15,18,20-22,35H,9-10,16-17H2,1-6H3,(H,31,36)/t20-,21+,22-/m1/s1. The molecule has 198 valence electrons. The van der Waals surface area contributed by atoms with Crippen LogP contribution < -0.4 is 15.0 Å². The van der Waals surface area contributed by atoms with Crippen molar-refractivity contribution >= 4 is 11.6 Å². The Labute approximate surface area is 219 Å². The monoisotopic (exact) mass is 505 g/mol. The second-order valence-corrected chi connectivity index (χ2v) is 10.2. The lowest BCUT2D eigenvalue weighted by Gasteiger charge is -2.45. The molecule has 2 N–H and O–H groups in total. The number of carbonyl (C=O) groups is 1. The molecule has 1 saturated heterocycles. The Hall–Kier alpha value is -3.36. The highest BCUT2D eigenvalue weighted by Crippen LogP contribution is 2.29. The highest BCUT2D eigenvalue weighted by molar-refractivity contribution is 5.97. The first-order valence-electron chi connectivity index (χ1n) is 12.9. The SMILES string of the molecule is COc1cc(-c2cnn(C)c2)cc([C@@H](C)NC(=O)c2cc(N3C[C@@H](C)N(CCO)[C@@H](C)C3)ccc2C)c1. The van der Waals surface area contributed by atoms with E-state index in [1.165, 1.54) is 0 Å². The number of aromatic nitrogens is 2.